The molecule has 7 heteroatoms. The van der Waals surface area contributed by atoms with E-state index in [1.165, 1.54) is 12.4 Å². The standard InChI is InChI=1S/C22H22FN5O/c1-15-18(17-8-5-9-19(23)22(17)26-15)12-21(29)27-20(16-6-3-2-4-7-16)10-11-28-14-24-13-25-28/h2-9,13-14,20,26H,10-12H2,1H3,(H,27,29)/t20-/m0/s1. The van der Waals surface area contributed by atoms with Crippen LogP contribution in [0.4, 0.5) is 4.39 Å². The largest absolute Gasteiger partial charge is 0.356 e. The highest BCUT2D eigenvalue weighted by atomic mass is 19.1. The molecule has 2 aromatic carbocycles. The van der Waals surface area contributed by atoms with Gasteiger partial charge in [0.2, 0.25) is 5.91 Å². The van der Waals surface area contributed by atoms with Crippen LogP contribution in [0.5, 0.6) is 0 Å². The van der Waals surface area contributed by atoms with Crippen molar-refractivity contribution >= 4 is 16.8 Å². The van der Waals surface area contributed by atoms with Crippen molar-refractivity contribution in [2.24, 2.45) is 0 Å². The van der Waals surface area contributed by atoms with E-state index < -0.39 is 0 Å². The van der Waals surface area contributed by atoms with E-state index in [1.807, 2.05) is 43.3 Å². The van der Waals surface area contributed by atoms with Crippen LogP contribution in [-0.4, -0.2) is 25.7 Å². The van der Waals surface area contributed by atoms with Crippen LogP contribution < -0.4 is 5.32 Å². The fraction of sp³-hybridized carbons (Fsp3) is 0.227. The Morgan fingerprint density at radius 1 is 1.21 bits per heavy atom. The highest BCUT2D eigenvalue weighted by molar-refractivity contribution is 5.90. The minimum Gasteiger partial charge on any atom is -0.356 e. The third-order valence-corrected chi connectivity index (χ3v) is 5.09. The maximum atomic E-state index is 14.0. The molecule has 0 spiro atoms. The van der Waals surface area contributed by atoms with Crippen LogP contribution in [0.25, 0.3) is 10.9 Å². The summed E-state index contributed by atoms with van der Waals surface area (Å²) in [5.41, 5.74) is 3.10. The first-order valence-electron chi connectivity index (χ1n) is 9.54. The maximum Gasteiger partial charge on any atom is 0.224 e. The van der Waals surface area contributed by atoms with Crippen molar-refractivity contribution in [3.63, 3.8) is 0 Å². The lowest BCUT2D eigenvalue weighted by Gasteiger charge is -2.19. The summed E-state index contributed by atoms with van der Waals surface area (Å²) in [6, 6.07) is 14.6. The topological polar surface area (TPSA) is 75.6 Å². The Balaban J connectivity index is 1.52. The summed E-state index contributed by atoms with van der Waals surface area (Å²) < 4.78 is 15.8. The van der Waals surface area contributed by atoms with Gasteiger partial charge in [0.1, 0.15) is 18.5 Å². The number of aromatic amines is 1. The molecule has 2 N–H and O–H groups in total. The highest BCUT2D eigenvalue weighted by Crippen LogP contribution is 2.25. The van der Waals surface area contributed by atoms with Crippen LogP contribution in [0, 0.1) is 12.7 Å². The third kappa shape index (κ3) is 4.18. The van der Waals surface area contributed by atoms with Crippen molar-refractivity contribution in [1.82, 2.24) is 25.1 Å². The van der Waals surface area contributed by atoms with Gasteiger partial charge in [-0.25, -0.2) is 9.37 Å². The summed E-state index contributed by atoms with van der Waals surface area (Å²) in [7, 11) is 0. The van der Waals surface area contributed by atoms with Gasteiger partial charge in [-0.3, -0.25) is 9.48 Å². The Morgan fingerprint density at radius 2 is 2.03 bits per heavy atom. The van der Waals surface area contributed by atoms with E-state index in [2.05, 4.69) is 20.4 Å². The summed E-state index contributed by atoms with van der Waals surface area (Å²) in [5.74, 6) is -0.419. The van der Waals surface area contributed by atoms with Gasteiger partial charge in [-0.1, -0.05) is 42.5 Å². The van der Waals surface area contributed by atoms with Crippen LogP contribution >= 0.6 is 0 Å². The van der Waals surface area contributed by atoms with Gasteiger partial charge in [0.15, 0.2) is 0 Å². The first-order chi connectivity index (χ1) is 14.1. The molecule has 0 aliphatic heterocycles. The number of carbonyl (C=O) groups is 1. The van der Waals surface area contributed by atoms with E-state index in [0.29, 0.717) is 18.5 Å². The van der Waals surface area contributed by atoms with Crippen LogP contribution in [0.3, 0.4) is 0 Å². The second kappa shape index (κ2) is 8.26. The molecule has 0 saturated heterocycles. The number of benzene rings is 2. The smallest absolute Gasteiger partial charge is 0.224 e. The molecule has 0 bridgehead atoms. The lowest BCUT2D eigenvalue weighted by molar-refractivity contribution is -0.121. The first-order valence-corrected chi connectivity index (χ1v) is 9.54. The number of nitrogens with zero attached hydrogens (tertiary/aromatic N) is 3. The quantitative estimate of drug-likeness (QED) is 0.504. The molecule has 0 radical (unpaired) electrons. The number of amides is 1. The predicted octanol–water partition coefficient (Wildman–Crippen LogP) is 3.70. The summed E-state index contributed by atoms with van der Waals surface area (Å²) >= 11 is 0. The van der Waals surface area contributed by atoms with Gasteiger partial charge < -0.3 is 10.3 Å². The predicted molar refractivity (Wildman–Crippen MR) is 109 cm³/mol. The molecule has 148 valence electrons. The average Bonchev–Trinajstić information content (AvgIpc) is 3.35. The maximum absolute atomic E-state index is 14.0. The SMILES string of the molecule is Cc1[nH]c2c(F)cccc2c1CC(=O)N[C@@H](CCn1cncn1)c1ccccc1. The average molecular weight is 391 g/mol. The molecule has 6 nitrogen and oxygen atoms in total. The number of rotatable bonds is 7. The van der Waals surface area contributed by atoms with Crippen LogP contribution in [0.2, 0.25) is 0 Å². The Hall–Kier alpha value is -3.48. The zero-order chi connectivity index (χ0) is 20.2. The zero-order valence-electron chi connectivity index (χ0n) is 16.1. The van der Waals surface area contributed by atoms with E-state index in [-0.39, 0.29) is 24.2 Å². The van der Waals surface area contributed by atoms with Crippen molar-refractivity contribution < 1.29 is 9.18 Å². The van der Waals surface area contributed by atoms with Crippen LogP contribution in [0.15, 0.2) is 61.2 Å². The summed E-state index contributed by atoms with van der Waals surface area (Å²) in [6.07, 6.45) is 4.02. The van der Waals surface area contributed by atoms with E-state index in [0.717, 1.165) is 22.2 Å². The Labute approximate surface area is 167 Å². The Kier molecular flexibility index (Phi) is 5.37. The second-order valence-electron chi connectivity index (χ2n) is 7.05. The van der Waals surface area contributed by atoms with E-state index in [1.54, 1.807) is 17.1 Å². The van der Waals surface area contributed by atoms with Gasteiger partial charge in [0, 0.05) is 17.6 Å². The molecule has 0 aliphatic rings. The summed E-state index contributed by atoms with van der Waals surface area (Å²) in [4.78, 5) is 19.9. The van der Waals surface area contributed by atoms with Gasteiger partial charge in [-0.15, -0.1) is 0 Å². The molecule has 1 atom stereocenters. The number of carbonyl (C=O) groups excluding carboxylic acids is 1. The number of H-pyrrole nitrogens is 1. The summed E-state index contributed by atoms with van der Waals surface area (Å²) in [6.45, 7) is 2.50. The van der Waals surface area contributed by atoms with Gasteiger partial charge >= 0.3 is 0 Å². The van der Waals surface area contributed by atoms with E-state index in [9.17, 15) is 9.18 Å². The van der Waals surface area contributed by atoms with Gasteiger partial charge in [0.05, 0.1) is 18.0 Å². The van der Waals surface area contributed by atoms with E-state index >= 15 is 0 Å². The monoisotopic (exact) mass is 391 g/mol. The van der Waals surface area contributed by atoms with E-state index in [4.69, 9.17) is 0 Å². The zero-order valence-corrected chi connectivity index (χ0v) is 16.1. The minimum absolute atomic E-state index is 0.106. The lowest BCUT2D eigenvalue weighted by atomic mass is 10.0. The molecule has 0 unspecified atom stereocenters. The number of aryl methyl sites for hydroxylation is 2. The Bertz CT molecular complexity index is 1110. The van der Waals surface area contributed by atoms with Gasteiger partial charge in [0.25, 0.3) is 0 Å². The molecule has 4 aromatic rings. The minimum atomic E-state index is -0.313. The normalized spacial score (nSPS) is 12.2. The molecule has 0 aliphatic carbocycles. The number of halogens is 1. The molecule has 2 aromatic heterocycles. The molecule has 2 heterocycles. The lowest BCUT2D eigenvalue weighted by Crippen LogP contribution is -2.30. The molecular weight excluding hydrogens is 369 g/mol. The molecular formula is C22H22FN5O. The van der Waals surface area contributed by atoms with Crippen molar-refractivity contribution in [3.8, 4) is 0 Å². The van der Waals surface area contributed by atoms with Crippen molar-refractivity contribution in [2.75, 3.05) is 0 Å². The molecule has 0 fully saturated rings. The number of hydrogen-bond acceptors (Lipinski definition) is 3. The van der Waals surface area contributed by atoms with Gasteiger partial charge in [-0.2, -0.15) is 5.10 Å². The fourth-order valence-electron chi connectivity index (χ4n) is 3.62. The van der Waals surface area contributed by atoms with Crippen molar-refractivity contribution in [1.29, 1.82) is 0 Å². The molecule has 1 amide bonds. The number of hydrogen-bond donors (Lipinski definition) is 2. The number of fused-ring (bicyclic) bond motifs is 1. The van der Waals surface area contributed by atoms with Crippen molar-refractivity contribution in [3.05, 3.63) is 83.8 Å². The fourth-order valence-corrected chi connectivity index (χ4v) is 3.62. The number of nitrogens with one attached hydrogen (secondary N) is 2. The first kappa shape index (κ1) is 18.9. The second-order valence-corrected chi connectivity index (χ2v) is 7.05. The van der Waals surface area contributed by atoms with Crippen LogP contribution in [-0.2, 0) is 17.8 Å². The number of aromatic nitrogens is 4. The molecule has 0 saturated carbocycles. The Morgan fingerprint density at radius 3 is 2.79 bits per heavy atom. The van der Waals surface area contributed by atoms with Crippen LogP contribution in [0.1, 0.15) is 29.3 Å². The third-order valence-electron chi connectivity index (χ3n) is 5.09. The molecule has 4 rings (SSSR count). The highest BCUT2D eigenvalue weighted by Gasteiger charge is 2.18. The number of para-hydroxylation sites is 1. The summed E-state index contributed by atoms with van der Waals surface area (Å²) in [5, 5.41) is 8.01. The van der Waals surface area contributed by atoms with Crippen molar-refractivity contribution in [2.45, 2.75) is 32.4 Å². The van der Waals surface area contributed by atoms with Gasteiger partial charge in [-0.05, 0) is 30.5 Å². The molecule has 29 heavy (non-hydrogen) atoms.